The van der Waals surface area contributed by atoms with E-state index in [4.69, 9.17) is 15.5 Å². The summed E-state index contributed by atoms with van der Waals surface area (Å²) in [5.41, 5.74) is 7.12. The predicted octanol–water partition coefficient (Wildman–Crippen LogP) is 3.17. The van der Waals surface area contributed by atoms with E-state index in [1.807, 2.05) is 4.90 Å². The second-order valence-electron chi connectivity index (χ2n) is 7.86. The predicted molar refractivity (Wildman–Crippen MR) is 104 cm³/mol. The number of rotatable bonds is 3. The SMILES string of the molecule is CC(=O)N1CCn2c(C3CC3)nc(N3CCOc4cc(N)c(C(F)F)cc43)c2C1. The highest BCUT2D eigenvalue weighted by Gasteiger charge is 2.36. The Hall–Kier alpha value is -2.84. The van der Waals surface area contributed by atoms with Crippen LogP contribution >= 0.6 is 0 Å². The largest absolute Gasteiger partial charge is 0.489 e. The van der Waals surface area contributed by atoms with E-state index >= 15 is 0 Å². The minimum Gasteiger partial charge on any atom is -0.489 e. The number of carbonyl (C=O) groups excluding carboxylic acids is 1. The normalized spacial score (nSPS) is 18.5. The maximum Gasteiger partial charge on any atom is 0.265 e. The van der Waals surface area contributed by atoms with E-state index in [1.165, 1.54) is 12.1 Å². The molecule has 2 aromatic rings. The molecule has 5 rings (SSSR count). The number of amides is 1. The first-order chi connectivity index (χ1) is 13.9. The molecule has 1 aromatic heterocycles. The van der Waals surface area contributed by atoms with E-state index in [9.17, 15) is 13.6 Å². The van der Waals surface area contributed by atoms with Gasteiger partial charge in [-0.25, -0.2) is 13.8 Å². The van der Waals surface area contributed by atoms with Gasteiger partial charge in [0.25, 0.3) is 6.43 Å². The molecule has 3 aliphatic rings. The number of fused-ring (bicyclic) bond motifs is 2. The van der Waals surface area contributed by atoms with Crippen LogP contribution in [0.25, 0.3) is 0 Å². The van der Waals surface area contributed by atoms with Crippen molar-refractivity contribution in [3.63, 3.8) is 0 Å². The van der Waals surface area contributed by atoms with Gasteiger partial charge in [0.1, 0.15) is 18.2 Å². The summed E-state index contributed by atoms with van der Waals surface area (Å²) in [7, 11) is 0. The molecule has 154 valence electrons. The molecule has 1 fully saturated rings. The van der Waals surface area contributed by atoms with E-state index in [1.54, 1.807) is 11.8 Å². The molecule has 0 atom stereocenters. The van der Waals surface area contributed by atoms with Crippen LogP contribution < -0.4 is 15.4 Å². The van der Waals surface area contributed by atoms with Crippen LogP contribution in [0.4, 0.5) is 26.0 Å². The molecule has 7 nitrogen and oxygen atoms in total. The van der Waals surface area contributed by atoms with Crippen molar-refractivity contribution in [1.29, 1.82) is 0 Å². The zero-order chi connectivity index (χ0) is 20.3. The molecule has 3 heterocycles. The van der Waals surface area contributed by atoms with Crippen molar-refractivity contribution >= 4 is 23.1 Å². The summed E-state index contributed by atoms with van der Waals surface area (Å²) in [6.45, 7) is 4.29. The summed E-state index contributed by atoms with van der Waals surface area (Å²) < 4.78 is 34.8. The number of benzene rings is 1. The maximum absolute atomic E-state index is 13.5. The number of hydrogen-bond acceptors (Lipinski definition) is 5. The molecule has 0 radical (unpaired) electrons. The van der Waals surface area contributed by atoms with Crippen LogP contribution in [0.5, 0.6) is 5.75 Å². The van der Waals surface area contributed by atoms with Gasteiger partial charge in [0.05, 0.1) is 24.5 Å². The Morgan fingerprint density at radius 1 is 1.28 bits per heavy atom. The van der Waals surface area contributed by atoms with Gasteiger partial charge in [0.15, 0.2) is 5.82 Å². The third-order valence-electron chi connectivity index (χ3n) is 5.92. The van der Waals surface area contributed by atoms with Crippen molar-refractivity contribution in [1.82, 2.24) is 14.5 Å². The van der Waals surface area contributed by atoms with Gasteiger partial charge >= 0.3 is 0 Å². The summed E-state index contributed by atoms with van der Waals surface area (Å²) in [4.78, 5) is 20.6. The van der Waals surface area contributed by atoms with Crippen molar-refractivity contribution in [2.24, 2.45) is 0 Å². The minimum absolute atomic E-state index is 0.0199. The van der Waals surface area contributed by atoms with Gasteiger partial charge in [-0.2, -0.15) is 0 Å². The van der Waals surface area contributed by atoms with Crippen molar-refractivity contribution in [3.05, 3.63) is 29.2 Å². The summed E-state index contributed by atoms with van der Waals surface area (Å²) in [5, 5.41) is 0. The zero-order valence-corrected chi connectivity index (χ0v) is 16.2. The minimum atomic E-state index is -2.67. The molecule has 1 amide bonds. The van der Waals surface area contributed by atoms with Crippen LogP contribution in [-0.2, 0) is 17.9 Å². The fourth-order valence-corrected chi connectivity index (χ4v) is 4.22. The topological polar surface area (TPSA) is 76.6 Å². The van der Waals surface area contributed by atoms with E-state index in [2.05, 4.69) is 4.57 Å². The van der Waals surface area contributed by atoms with Crippen LogP contribution in [0.15, 0.2) is 12.1 Å². The average Bonchev–Trinajstić information content (AvgIpc) is 3.47. The molecular weight excluding hydrogens is 380 g/mol. The second-order valence-corrected chi connectivity index (χ2v) is 7.86. The van der Waals surface area contributed by atoms with Crippen molar-refractivity contribution in [2.45, 2.75) is 45.2 Å². The molecular formula is C20H23F2N5O2. The molecule has 9 heteroatoms. The van der Waals surface area contributed by atoms with Gasteiger partial charge in [0.2, 0.25) is 5.91 Å². The molecule has 1 aliphatic carbocycles. The lowest BCUT2D eigenvalue weighted by atomic mass is 10.1. The summed E-state index contributed by atoms with van der Waals surface area (Å²) in [5.74, 6) is 2.71. The maximum atomic E-state index is 13.5. The molecule has 2 N–H and O–H groups in total. The number of nitrogens with two attached hydrogens (primary N) is 1. The van der Waals surface area contributed by atoms with Crippen molar-refractivity contribution in [2.75, 3.05) is 30.3 Å². The number of anilines is 3. The highest BCUT2D eigenvalue weighted by molar-refractivity contribution is 5.76. The number of imidazole rings is 1. The number of halogens is 2. The third-order valence-corrected chi connectivity index (χ3v) is 5.92. The highest BCUT2D eigenvalue weighted by Crippen LogP contribution is 2.46. The van der Waals surface area contributed by atoms with Crippen LogP contribution in [0.2, 0.25) is 0 Å². The van der Waals surface area contributed by atoms with Crippen LogP contribution in [0, 0.1) is 0 Å². The first-order valence-electron chi connectivity index (χ1n) is 9.90. The van der Waals surface area contributed by atoms with Crippen LogP contribution in [0.3, 0.4) is 0 Å². The van der Waals surface area contributed by atoms with Gasteiger partial charge < -0.3 is 24.8 Å². The number of nitrogen functional groups attached to an aromatic ring is 1. The number of carbonyl (C=O) groups is 1. The number of alkyl halides is 2. The van der Waals surface area contributed by atoms with E-state index in [0.717, 1.165) is 30.2 Å². The van der Waals surface area contributed by atoms with E-state index in [0.29, 0.717) is 50.1 Å². The van der Waals surface area contributed by atoms with Gasteiger partial charge in [-0.05, 0) is 18.9 Å². The molecule has 0 spiro atoms. The molecule has 0 bridgehead atoms. The van der Waals surface area contributed by atoms with Crippen LogP contribution in [-0.4, -0.2) is 40.1 Å². The summed E-state index contributed by atoms with van der Waals surface area (Å²) in [6.07, 6.45) is -0.453. The molecule has 0 saturated heterocycles. The Morgan fingerprint density at radius 2 is 2.07 bits per heavy atom. The van der Waals surface area contributed by atoms with Gasteiger partial charge in [0, 0.05) is 43.2 Å². The number of aromatic nitrogens is 2. The standard InChI is InChI=1S/C20H23F2N5O2/c1-11(28)25-4-5-26-16(10-25)20(24-19(26)12-2-3-12)27-6-7-29-17-9-14(23)13(18(21)22)8-15(17)27/h8-9,12,18H,2-7,10,23H2,1H3. The van der Waals surface area contributed by atoms with E-state index < -0.39 is 6.43 Å². The lowest BCUT2D eigenvalue weighted by Crippen LogP contribution is -2.38. The summed E-state index contributed by atoms with van der Waals surface area (Å²) in [6, 6.07) is 2.87. The number of ether oxygens (including phenoxy) is 1. The van der Waals surface area contributed by atoms with Gasteiger partial charge in [-0.15, -0.1) is 0 Å². The first kappa shape index (κ1) is 18.2. The average molecular weight is 403 g/mol. The second kappa shape index (κ2) is 6.60. The lowest BCUT2D eigenvalue weighted by Gasteiger charge is -2.33. The Kier molecular flexibility index (Phi) is 4.15. The monoisotopic (exact) mass is 403 g/mol. The lowest BCUT2D eigenvalue weighted by molar-refractivity contribution is -0.130. The van der Waals surface area contributed by atoms with Gasteiger partial charge in [-0.1, -0.05) is 0 Å². The molecule has 1 saturated carbocycles. The number of hydrogen-bond donors (Lipinski definition) is 1. The highest BCUT2D eigenvalue weighted by atomic mass is 19.3. The smallest absolute Gasteiger partial charge is 0.265 e. The molecule has 29 heavy (non-hydrogen) atoms. The van der Waals surface area contributed by atoms with Crippen molar-refractivity contribution < 1.29 is 18.3 Å². The van der Waals surface area contributed by atoms with E-state index in [-0.39, 0.29) is 17.2 Å². The Balaban J connectivity index is 1.62. The quantitative estimate of drug-likeness (QED) is 0.797. The molecule has 2 aliphatic heterocycles. The first-order valence-corrected chi connectivity index (χ1v) is 9.90. The molecule has 1 aromatic carbocycles. The van der Waals surface area contributed by atoms with Gasteiger partial charge in [-0.3, -0.25) is 4.79 Å². The summed E-state index contributed by atoms with van der Waals surface area (Å²) >= 11 is 0. The van der Waals surface area contributed by atoms with Crippen LogP contribution in [0.1, 0.15) is 49.2 Å². The fourth-order valence-electron chi connectivity index (χ4n) is 4.22. The fraction of sp³-hybridized carbons (Fsp3) is 0.500. The Labute approximate surface area is 167 Å². The Bertz CT molecular complexity index is 986. The zero-order valence-electron chi connectivity index (χ0n) is 16.2. The number of nitrogens with zero attached hydrogens (tertiary/aromatic N) is 4. The molecule has 0 unspecified atom stereocenters. The van der Waals surface area contributed by atoms with Crippen molar-refractivity contribution in [3.8, 4) is 5.75 Å². The Morgan fingerprint density at radius 3 is 2.76 bits per heavy atom. The third kappa shape index (κ3) is 2.99.